The summed E-state index contributed by atoms with van der Waals surface area (Å²) in [4.78, 5) is 26.5. The minimum atomic E-state index is -1.58. The molecule has 3 aromatic rings. The van der Waals surface area contributed by atoms with Gasteiger partial charge in [-0.25, -0.2) is 19.3 Å². The van der Waals surface area contributed by atoms with Gasteiger partial charge in [-0.15, -0.1) is 11.3 Å². The molecule has 0 aromatic carbocycles. The van der Waals surface area contributed by atoms with E-state index < -0.39 is 17.7 Å². The molecule has 0 bridgehead atoms. The average Bonchev–Trinajstić information content (AvgIpc) is 3.38. The first kappa shape index (κ1) is 20.4. The van der Waals surface area contributed by atoms with Crippen molar-refractivity contribution < 1.29 is 14.3 Å². The number of aliphatic hydroxyl groups is 1. The molecular formula is C20H23FN6O2S. The summed E-state index contributed by atoms with van der Waals surface area (Å²) in [6, 6.07) is 5.75. The summed E-state index contributed by atoms with van der Waals surface area (Å²) in [5.74, 6) is 0.707. The molecule has 1 aliphatic carbocycles. The molecule has 3 aromatic heterocycles. The number of anilines is 3. The van der Waals surface area contributed by atoms with Gasteiger partial charge in [0.2, 0.25) is 0 Å². The summed E-state index contributed by atoms with van der Waals surface area (Å²) in [6.45, 7) is 2.44. The molecule has 1 amide bonds. The number of hydrogen-bond acceptors (Lipinski definition) is 8. The molecule has 0 aliphatic heterocycles. The Hall–Kier alpha value is -2.85. The fourth-order valence-electron chi connectivity index (χ4n) is 2.75. The van der Waals surface area contributed by atoms with Gasteiger partial charge in [-0.2, -0.15) is 0 Å². The quantitative estimate of drug-likeness (QED) is 0.434. The van der Waals surface area contributed by atoms with Gasteiger partial charge in [0.15, 0.2) is 0 Å². The normalized spacial score (nSPS) is 15.1. The fourth-order valence-corrected chi connectivity index (χ4v) is 3.41. The number of rotatable bonds is 8. The van der Waals surface area contributed by atoms with Crippen molar-refractivity contribution in [3.05, 3.63) is 35.5 Å². The average molecular weight is 431 g/mol. The molecule has 1 fully saturated rings. The summed E-state index contributed by atoms with van der Waals surface area (Å²) >= 11 is 1.45. The second-order valence-electron chi connectivity index (χ2n) is 7.86. The topological polar surface area (TPSA) is 112 Å². The molecule has 1 unspecified atom stereocenters. The van der Waals surface area contributed by atoms with Crippen molar-refractivity contribution in [3.8, 4) is 0 Å². The van der Waals surface area contributed by atoms with Gasteiger partial charge in [-0.3, -0.25) is 4.79 Å². The molecule has 0 radical (unpaired) electrons. The highest BCUT2D eigenvalue weighted by molar-refractivity contribution is 7.16. The minimum absolute atomic E-state index is 0.288. The molecule has 1 saturated carbocycles. The summed E-state index contributed by atoms with van der Waals surface area (Å²) in [7, 11) is 0. The van der Waals surface area contributed by atoms with Crippen LogP contribution in [-0.2, 0) is 0 Å². The van der Waals surface area contributed by atoms with Crippen molar-refractivity contribution in [2.75, 3.05) is 17.2 Å². The third-order valence-corrected chi connectivity index (χ3v) is 5.48. The molecule has 8 nitrogen and oxygen atoms in total. The smallest absolute Gasteiger partial charge is 0.255 e. The maximum absolute atomic E-state index is 14.0. The number of aromatic nitrogens is 3. The van der Waals surface area contributed by atoms with Crippen LogP contribution in [0.4, 0.5) is 21.7 Å². The molecule has 3 heterocycles. The summed E-state index contributed by atoms with van der Waals surface area (Å²) < 4.78 is 14.0. The van der Waals surface area contributed by atoms with Crippen LogP contribution in [0.15, 0.2) is 29.9 Å². The highest BCUT2D eigenvalue weighted by atomic mass is 32.1. The van der Waals surface area contributed by atoms with Gasteiger partial charge in [-0.05, 0) is 38.8 Å². The van der Waals surface area contributed by atoms with E-state index in [4.69, 9.17) is 0 Å². The van der Waals surface area contributed by atoms with Gasteiger partial charge < -0.3 is 21.1 Å². The van der Waals surface area contributed by atoms with Crippen molar-refractivity contribution >= 4 is 44.9 Å². The van der Waals surface area contributed by atoms with Crippen molar-refractivity contribution in [1.82, 2.24) is 20.3 Å². The van der Waals surface area contributed by atoms with Gasteiger partial charge in [0, 0.05) is 18.3 Å². The highest BCUT2D eigenvalue weighted by Crippen LogP contribution is 2.29. The number of fused-ring (bicyclic) bond motifs is 1. The first-order valence-corrected chi connectivity index (χ1v) is 10.6. The standard InChI is InChI=1S/C20H23FN6O2S/c1-20(2,29)15(21)9-23-18(28)12-8-22-17(7-14(12)25-11-3-4-11)26-16-6-5-13-19(27-16)30-10-24-13/h5-8,10-11,15,29H,3-4,9H2,1-2H3,(H,23,28)(H2,22,25,26,27). The molecule has 1 atom stereocenters. The van der Waals surface area contributed by atoms with Crippen molar-refractivity contribution in [1.29, 1.82) is 0 Å². The van der Waals surface area contributed by atoms with Crippen LogP contribution in [-0.4, -0.2) is 50.3 Å². The lowest BCUT2D eigenvalue weighted by Crippen LogP contribution is -2.42. The number of halogens is 1. The lowest BCUT2D eigenvalue weighted by atomic mass is 10.0. The van der Waals surface area contributed by atoms with Gasteiger partial charge >= 0.3 is 0 Å². The van der Waals surface area contributed by atoms with Gasteiger partial charge in [-0.1, -0.05) is 0 Å². The first-order chi connectivity index (χ1) is 14.3. The molecule has 30 heavy (non-hydrogen) atoms. The Balaban J connectivity index is 1.51. The molecule has 0 spiro atoms. The Kier molecular flexibility index (Phi) is 5.52. The predicted molar refractivity (Wildman–Crippen MR) is 115 cm³/mol. The van der Waals surface area contributed by atoms with E-state index in [1.54, 1.807) is 11.6 Å². The summed E-state index contributed by atoms with van der Waals surface area (Å²) in [5, 5.41) is 18.7. The Morgan fingerprint density at radius 3 is 2.87 bits per heavy atom. The fraction of sp³-hybridized carbons (Fsp3) is 0.400. The van der Waals surface area contributed by atoms with E-state index in [-0.39, 0.29) is 6.54 Å². The lowest BCUT2D eigenvalue weighted by molar-refractivity contribution is -0.00177. The second kappa shape index (κ2) is 8.11. The van der Waals surface area contributed by atoms with Crippen LogP contribution < -0.4 is 16.0 Å². The van der Waals surface area contributed by atoms with Gasteiger partial charge in [0.25, 0.3) is 5.91 Å². The maximum atomic E-state index is 14.0. The van der Waals surface area contributed by atoms with E-state index in [2.05, 4.69) is 30.9 Å². The third-order valence-electron chi connectivity index (χ3n) is 4.75. The Morgan fingerprint density at radius 1 is 1.33 bits per heavy atom. The Morgan fingerprint density at radius 2 is 2.13 bits per heavy atom. The Bertz CT molecular complexity index is 1060. The van der Waals surface area contributed by atoms with Crippen molar-refractivity contribution in [2.45, 2.75) is 44.5 Å². The number of thiazole rings is 1. The molecule has 158 valence electrons. The monoisotopic (exact) mass is 430 g/mol. The van der Waals surface area contributed by atoms with E-state index >= 15 is 0 Å². The SMILES string of the molecule is CC(C)(O)C(F)CNC(=O)c1cnc(Nc2ccc3ncsc3n2)cc1NC1CC1. The largest absolute Gasteiger partial charge is 0.387 e. The number of pyridine rings is 2. The molecule has 4 rings (SSSR count). The van der Waals surface area contributed by atoms with Gasteiger partial charge in [0.05, 0.1) is 28.9 Å². The molecule has 4 N–H and O–H groups in total. The number of alkyl halides is 1. The molecule has 0 saturated heterocycles. The molecule has 1 aliphatic rings. The van der Waals surface area contributed by atoms with Crippen LogP contribution in [0.3, 0.4) is 0 Å². The maximum Gasteiger partial charge on any atom is 0.255 e. The number of carbonyl (C=O) groups excluding carboxylic acids is 1. The zero-order valence-corrected chi connectivity index (χ0v) is 17.5. The number of carbonyl (C=O) groups is 1. The van der Waals surface area contributed by atoms with E-state index in [9.17, 15) is 14.3 Å². The first-order valence-electron chi connectivity index (χ1n) is 9.68. The van der Waals surface area contributed by atoms with E-state index in [0.717, 1.165) is 23.2 Å². The number of nitrogens with zero attached hydrogens (tertiary/aromatic N) is 3. The third kappa shape index (κ3) is 4.82. The summed E-state index contributed by atoms with van der Waals surface area (Å²) in [5.41, 5.74) is 1.98. The number of hydrogen-bond donors (Lipinski definition) is 4. The van der Waals surface area contributed by atoms with Gasteiger partial charge in [0.1, 0.15) is 28.2 Å². The van der Waals surface area contributed by atoms with Crippen LogP contribution in [0, 0.1) is 0 Å². The van der Waals surface area contributed by atoms with E-state index in [0.29, 0.717) is 28.9 Å². The zero-order chi connectivity index (χ0) is 21.3. The van der Waals surface area contributed by atoms with Crippen molar-refractivity contribution in [2.24, 2.45) is 0 Å². The minimum Gasteiger partial charge on any atom is -0.387 e. The number of amides is 1. The molecular weight excluding hydrogens is 407 g/mol. The van der Waals surface area contributed by atoms with E-state index in [1.807, 2.05) is 12.1 Å². The van der Waals surface area contributed by atoms with E-state index in [1.165, 1.54) is 31.4 Å². The van der Waals surface area contributed by atoms with Crippen molar-refractivity contribution in [3.63, 3.8) is 0 Å². The van der Waals surface area contributed by atoms with Crippen LogP contribution in [0.5, 0.6) is 0 Å². The predicted octanol–water partition coefficient (Wildman–Crippen LogP) is 3.24. The zero-order valence-electron chi connectivity index (χ0n) is 16.6. The molecule has 10 heteroatoms. The summed E-state index contributed by atoms with van der Waals surface area (Å²) in [6.07, 6.45) is 1.93. The van der Waals surface area contributed by atoms with Crippen LogP contribution >= 0.6 is 11.3 Å². The van der Waals surface area contributed by atoms with Crippen LogP contribution in [0.1, 0.15) is 37.0 Å². The lowest BCUT2D eigenvalue weighted by Gasteiger charge is -2.22. The highest BCUT2D eigenvalue weighted by Gasteiger charge is 2.28. The number of nitrogens with one attached hydrogen (secondary N) is 3. The Labute approximate surface area is 177 Å². The second-order valence-corrected chi connectivity index (χ2v) is 8.70. The van der Waals surface area contributed by atoms with Crippen LogP contribution in [0.25, 0.3) is 10.3 Å². The van der Waals surface area contributed by atoms with Crippen LogP contribution in [0.2, 0.25) is 0 Å².